The number of nitriles is 1. The molecule has 4 rings (SSSR count). The molecule has 36 heavy (non-hydrogen) atoms. The smallest absolute Gasteiger partial charge is 0.255 e. The Hall–Kier alpha value is -4.06. The second-order valence-electron chi connectivity index (χ2n) is 8.07. The topological polar surface area (TPSA) is 114 Å². The Morgan fingerprint density at radius 2 is 1.61 bits per heavy atom. The van der Waals surface area contributed by atoms with Crippen molar-refractivity contribution in [3.8, 4) is 17.2 Å². The van der Waals surface area contributed by atoms with E-state index in [2.05, 4.69) is 5.32 Å². The van der Waals surface area contributed by atoms with Crippen LogP contribution in [0.5, 0.6) is 0 Å². The molecule has 1 aliphatic heterocycles. The molecule has 2 atom stereocenters. The van der Waals surface area contributed by atoms with E-state index in [1.165, 1.54) is 17.0 Å². The van der Waals surface area contributed by atoms with E-state index in [1.54, 1.807) is 24.3 Å². The predicted molar refractivity (Wildman–Crippen MR) is 132 cm³/mol. The minimum absolute atomic E-state index is 0.0563. The zero-order valence-electron chi connectivity index (χ0n) is 20.1. The monoisotopic (exact) mass is 489 g/mol. The van der Waals surface area contributed by atoms with E-state index in [0.717, 1.165) is 17.2 Å². The molecule has 7 nitrogen and oxygen atoms in total. The van der Waals surface area contributed by atoms with Crippen LogP contribution >= 0.6 is 0 Å². The number of carbonyl (C=O) groups excluding carboxylic acids is 2. The molecule has 186 valence electrons. The molecule has 0 bridgehead atoms. The van der Waals surface area contributed by atoms with Gasteiger partial charge in [-0.25, -0.2) is 4.39 Å². The normalized spacial score (nSPS) is 13.5. The van der Waals surface area contributed by atoms with E-state index in [4.69, 9.17) is 0 Å². The molecule has 0 spiro atoms. The Kier molecular flexibility index (Phi) is 8.90. The van der Waals surface area contributed by atoms with Crippen LogP contribution in [0.1, 0.15) is 36.1 Å². The van der Waals surface area contributed by atoms with E-state index in [1.807, 2.05) is 44.2 Å². The van der Waals surface area contributed by atoms with Gasteiger partial charge in [0, 0.05) is 19.6 Å². The van der Waals surface area contributed by atoms with Crippen LogP contribution in [0.4, 0.5) is 4.39 Å². The fourth-order valence-corrected chi connectivity index (χ4v) is 3.91. The first-order valence-electron chi connectivity index (χ1n) is 11.7. The van der Waals surface area contributed by atoms with Gasteiger partial charge >= 0.3 is 0 Å². The average Bonchev–Trinajstić information content (AvgIpc) is 3.36. The molecule has 2 unspecified atom stereocenters. The van der Waals surface area contributed by atoms with Crippen molar-refractivity contribution < 1.29 is 24.2 Å². The largest absolute Gasteiger partial charge is 0.380 e. The maximum Gasteiger partial charge on any atom is 0.255 e. The van der Waals surface area contributed by atoms with Gasteiger partial charge < -0.3 is 20.4 Å². The number of benzene rings is 3. The van der Waals surface area contributed by atoms with E-state index in [0.29, 0.717) is 29.8 Å². The van der Waals surface area contributed by atoms with Crippen molar-refractivity contribution in [3.63, 3.8) is 0 Å². The number of rotatable bonds is 6. The third-order valence-corrected chi connectivity index (χ3v) is 5.81. The molecule has 2 amide bonds. The van der Waals surface area contributed by atoms with Crippen molar-refractivity contribution in [1.29, 1.82) is 5.26 Å². The summed E-state index contributed by atoms with van der Waals surface area (Å²) in [4.78, 5) is 26.3. The van der Waals surface area contributed by atoms with Gasteiger partial charge in [0.2, 0.25) is 0 Å². The number of hydrogen-bond donors (Lipinski definition) is 3. The van der Waals surface area contributed by atoms with Gasteiger partial charge in [0.25, 0.3) is 11.8 Å². The quantitative estimate of drug-likeness (QED) is 0.492. The minimum Gasteiger partial charge on any atom is -0.380 e. The van der Waals surface area contributed by atoms with Gasteiger partial charge in [-0.2, -0.15) is 5.26 Å². The summed E-state index contributed by atoms with van der Waals surface area (Å²) in [5.74, 6) is -2.07. The molecule has 1 heterocycles. The average molecular weight is 490 g/mol. The summed E-state index contributed by atoms with van der Waals surface area (Å²) in [5.41, 5.74) is 4.13. The number of aliphatic hydroxyl groups is 2. The molecule has 3 N–H and O–H groups in total. The van der Waals surface area contributed by atoms with Crippen molar-refractivity contribution in [1.82, 2.24) is 10.2 Å². The predicted octanol–water partition coefficient (Wildman–Crippen LogP) is 3.27. The first-order chi connectivity index (χ1) is 17.4. The summed E-state index contributed by atoms with van der Waals surface area (Å²) >= 11 is 0. The van der Waals surface area contributed by atoms with E-state index in [-0.39, 0.29) is 12.1 Å². The van der Waals surface area contributed by atoms with Gasteiger partial charge in [-0.1, -0.05) is 68.4 Å². The van der Waals surface area contributed by atoms with Gasteiger partial charge in [0.15, 0.2) is 12.2 Å². The summed E-state index contributed by atoms with van der Waals surface area (Å²) in [6, 6.07) is 20.3. The molecule has 0 fully saturated rings. The summed E-state index contributed by atoms with van der Waals surface area (Å²) in [6.07, 6.45) is -3.78. The summed E-state index contributed by atoms with van der Waals surface area (Å²) < 4.78 is 13.4. The molecule has 3 aromatic rings. The highest BCUT2D eigenvalue weighted by Crippen LogP contribution is 2.25. The lowest BCUT2D eigenvalue weighted by Gasteiger charge is -2.22. The highest BCUT2D eigenvalue weighted by atomic mass is 19.1. The Balaban J connectivity index is 0.00000176. The summed E-state index contributed by atoms with van der Waals surface area (Å²) in [6.45, 7) is 4.68. The Labute approximate surface area is 209 Å². The molecule has 0 saturated heterocycles. The Morgan fingerprint density at radius 1 is 1.00 bits per heavy atom. The molecular formula is C28H28FN3O4. The third kappa shape index (κ3) is 5.95. The molecular weight excluding hydrogens is 461 g/mol. The minimum atomic E-state index is -1.91. The van der Waals surface area contributed by atoms with Crippen LogP contribution in [0.3, 0.4) is 0 Å². The van der Waals surface area contributed by atoms with E-state index < -0.39 is 29.8 Å². The zero-order valence-corrected chi connectivity index (χ0v) is 20.1. The first kappa shape index (κ1) is 26.5. The van der Waals surface area contributed by atoms with Crippen LogP contribution in [-0.2, 0) is 29.2 Å². The molecule has 3 aromatic carbocycles. The molecule has 1 aliphatic rings. The zero-order chi connectivity index (χ0) is 26.2. The molecule has 0 radical (unpaired) electrons. The second kappa shape index (κ2) is 12.1. The van der Waals surface area contributed by atoms with Gasteiger partial charge in [-0.15, -0.1) is 0 Å². The number of nitrogens with zero attached hydrogens (tertiary/aromatic N) is 2. The van der Waals surface area contributed by atoms with Crippen LogP contribution in [-0.4, -0.2) is 39.1 Å². The van der Waals surface area contributed by atoms with Crippen molar-refractivity contribution in [2.75, 3.05) is 0 Å². The third-order valence-electron chi connectivity index (χ3n) is 5.81. The Bertz CT molecular complexity index is 1250. The van der Waals surface area contributed by atoms with Crippen molar-refractivity contribution >= 4 is 11.8 Å². The first-order valence-corrected chi connectivity index (χ1v) is 11.7. The number of amides is 2. The van der Waals surface area contributed by atoms with Gasteiger partial charge in [-0.05, 0) is 39.9 Å². The van der Waals surface area contributed by atoms with Crippen molar-refractivity contribution in [2.24, 2.45) is 0 Å². The fourth-order valence-electron chi connectivity index (χ4n) is 3.91. The van der Waals surface area contributed by atoms with Gasteiger partial charge in [-0.3, -0.25) is 9.59 Å². The highest BCUT2D eigenvalue weighted by molar-refractivity contribution is 5.91. The molecule has 8 heteroatoms. The van der Waals surface area contributed by atoms with Gasteiger partial charge in [0.1, 0.15) is 5.82 Å². The van der Waals surface area contributed by atoms with Crippen molar-refractivity contribution in [3.05, 3.63) is 94.8 Å². The lowest BCUT2D eigenvalue weighted by molar-refractivity contribution is -0.153. The number of fused-ring (bicyclic) bond motifs is 1. The maximum atomic E-state index is 13.4. The molecule has 0 saturated carbocycles. The van der Waals surface area contributed by atoms with Gasteiger partial charge in [0.05, 0.1) is 11.6 Å². The maximum absolute atomic E-state index is 13.4. The number of halogens is 1. The molecule has 0 aliphatic carbocycles. The number of hydrogen-bond acceptors (Lipinski definition) is 5. The standard InChI is InChI=1S/C26H22FN3O4.C2H6/c27-21-9-10-22(20(11-21)12-28)17-7-5-16(6-8-17)13-29-25(33)23(31)24(32)26(34)30-14-18-3-1-2-4-19(18)15-30;1-2/h1-11,23-24,31-32H,13-15H2,(H,29,33);1-2H3. The SMILES string of the molecule is CC.N#Cc1cc(F)ccc1-c1ccc(CNC(=O)C(O)C(O)C(=O)N2Cc3ccccc3C2)cc1. The highest BCUT2D eigenvalue weighted by Gasteiger charge is 2.35. The lowest BCUT2D eigenvalue weighted by atomic mass is 9.99. The Morgan fingerprint density at radius 3 is 2.19 bits per heavy atom. The van der Waals surface area contributed by atoms with Crippen LogP contribution in [0, 0.1) is 17.1 Å². The number of nitrogens with one attached hydrogen (secondary N) is 1. The van der Waals surface area contributed by atoms with Crippen LogP contribution in [0.15, 0.2) is 66.7 Å². The summed E-state index contributed by atoms with van der Waals surface area (Å²) in [5, 5.41) is 32.2. The van der Waals surface area contributed by atoms with Crippen LogP contribution in [0.2, 0.25) is 0 Å². The van der Waals surface area contributed by atoms with Crippen LogP contribution in [0.25, 0.3) is 11.1 Å². The summed E-state index contributed by atoms with van der Waals surface area (Å²) in [7, 11) is 0. The fraction of sp³-hybridized carbons (Fsp3) is 0.250. The van der Waals surface area contributed by atoms with Crippen molar-refractivity contribution in [2.45, 2.75) is 45.7 Å². The van der Waals surface area contributed by atoms with E-state index >= 15 is 0 Å². The second-order valence-corrected chi connectivity index (χ2v) is 8.07. The number of aliphatic hydroxyl groups excluding tert-OH is 2. The number of carbonyl (C=O) groups is 2. The lowest BCUT2D eigenvalue weighted by Crippen LogP contribution is -2.49. The molecule has 0 aromatic heterocycles. The van der Waals surface area contributed by atoms with E-state index in [9.17, 15) is 29.5 Å². The van der Waals surface area contributed by atoms with Crippen LogP contribution < -0.4 is 5.32 Å².